The second kappa shape index (κ2) is 13.9. The SMILES string of the molecule is CCC(C)OP(=O)(O)COc1cc(F)c(-c2cc(Cn3cnc4c(N)ncnc43)c(N3CCC[C@](N)(c4cccc(Cl)n4)C3)cn2)cc1F. The van der Waals surface area contributed by atoms with Crippen LogP contribution in [0.5, 0.6) is 5.75 Å². The summed E-state index contributed by atoms with van der Waals surface area (Å²) in [6.45, 7) is 4.66. The van der Waals surface area contributed by atoms with Gasteiger partial charge < -0.3 is 35.1 Å². The number of hydrogen-bond acceptors (Lipinski definition) is 11. The van der Waals surface area contributed by atoms with E-state index < -0.39 is 43.0 Å². The molecule has 0 radical (unpaired) electrons. The van der Waals surface area contributed by atoms with Gasteiger partial charge in [0.15, 0.2) is 29.4 Å². The summed E-state index contributed by atoms with van der Waals surface area (Å²) in [7, 11) is -4.21. The average molecular weight is 714 g/mol. The average Bonchev–Trinajstić information content (AvgIpc) is 3.48. The maximum atomic E-state index is 15.6. The summed E-state index contributed by atoms with van der Waals surface area (Å²) in [5, 5.41) is 0.342. The molecule has 1 saturated heterocycles. The van der Waals surface area contributed by atoms with Crippen molar-refractivity contribution >= 4 is 41.9 Å². The van der Waals surface area contributed by atoms with Crippen LogP contribution in [0.25, 0.3) is 22.4 Å². The highest BCUT2D eigenvalue weighted by atomic mass is 35.5. The monoisotopic (exact) mass is 713 g/mol. The number of nitrogens with zero attached hydrogens (tertiary/aromatic N) is 7. The van der Waals surface area contributed by atoms with E-state index in [-0.39, 0.29) is 23.6 Å². The first-order valence-electron chi connectivity index (χ1n) is 15.6. The van der Waals surface area contributed by atoms with Crippen LogP contribution in [0.1, 0.15) is 44.4 Å². The van der Waals surface area contributed by atoms with Gasteiger partial charge in [0.2, 0.25) is 0 Å². The summed E-state index contributed by atoms with van der Waals surface area (Å²) in [4.78, 5) is 33.9. The van der Waals surface area contributed by atoms with Crippen LogP contribution in [0.4, 0.5) is 20.3 Å². The van der Waals surface area contributed by atoms with Gasteiger partial charge in [0, 0.05) is 24.7 Å². The molecular formula is C32H35ClF2N9O4P. The van der Waals surface area contributed by atoms with E-state index in [1.165, 1.54) is 6.33 Å². The van der Waals surface area contributed by atoms with E-state index in [9.17, 15) is 9.46 Å². The molecular weight excluding hydrogens is 679 g/mol. The summed E-state index contributed by atoms with van der Waals surface area (Å²) in [6, 6.07) is 8.77. The van der Waals surface area contributed by atoms with Crippen molar-refractivity contribution in [1.29, 1.82) is 0 Å². The standard InChI is InChI=1S/C32H35ClF2N9O4P/c1-3-19(2)48-49(45,46)18-47-26-12-22(34)21(11-23(26)35)24-10-20(14-44-17-41-29-30(36)39-16-40-31(29)44)25(13-38-24)43-9-5-8-32(37,15-43)27-6-4-7-28(33)42-27/h4,6-7,10-13,16-17,19H,3,5,8-9,14-15,18,37H2,1-2H3,(H,45,46)(H2,36,39,40)/t19?,32-/m1/s1. The molecule has 258 valence electrons. The number of ether oxygens (including phenoxy) is 1. The number of aromatic nitrogens is 6. The Hall–Kier alpha value is -4.27. The number of piperidine rings is 1. The molecule has 17 heteroatoms. The van der Waals surface area contributed by atoms with Crippen molar-refractivity contribution in [2.24, 2.45) is 5.73 Å². The van der Waals surface area contributed by atoms with Crippen LogP contribution >= 0.6 is 19.2 Å². The van der Waals surface area contributed by atoms with Gasteiger partial charge in [0.25, 0.3) is 0 Å². The van der Waals surface area contributed by atoms with Gasteiger partial charge in [-0.1, -0.05) is 24.6 Å². The molecule has 0 spiro atoms. The fourth-order valence-electron chi connectivity index (χ4n) is 5.80. The van der Waals surface area contributed by atoms with Crippen LogP contribution in [-0.4, -0.2) is 59.9 Å². The van der Waals surface area contributed by atoms with Crippen molar-refractivity contribution in [2.75, 3.05) is 30.1 Å². The summed E-state index contributed by atoms with van der Waals surface area (Å²) in [5.41, 5.74) is 15.1. The lowest BCUT2D eigenvalue weighted by molar-refractivity contribution is 0.169. The summed E-state index contributed by atoms with van der Waals surface area (Å²) >= 11 is 6.20. The van der Waals surface area contributed by atoms with Gasteiger partial charge in [-0.05, 0) is 56.0 Å². The Labute approximate surface area is 285 Å². The first-order valence-corrected chi connectivity index (χ1v) is 17.7. The molecule has 0 amide bonds. The molecule has 4 aromatic heterocycles. The lowest BCUT2D eigenvalue weighted by Crippen LogP contribution is -2.52. The molecule has 0 aliphatic carbocycles. The Morgan fingerprint density at radius 1 is 1.16 bits per heavy atom. The normalized spacial score (nSPS) is 18.4. The molecule has 3 atom stereocenters. The number of imidazole rings is 1. The van der Waals surface area contributed by atoms with Gasteiger partial charge in [-0.2, -0.15) is 0 Å². The van der Waals surface area contributed by atoms with Crippen molar-refractivity contribution < 1.29 is 27.5 Å². The number of anilines is 2. The number of benzene rings is 1. The van der Waals surface area contributed by atoms with E-state index in [1.54, 1.807) is 43.1 Å². The fraction of sp³-hybridized carbons (Fsp3) is 0.344. The molecule has 5 heterocycles. The van der Waals surface area contributed by atoms with Crippen molar-refractivity contribution in [1.82, 2.24) is 29.5 Å². The predicted molar refractivity (Wildman–Crippen MR) is 181 cm³/mol. The highest BCUT2D eigenvalue weighted by Crippen LogP contribution is 2.44. The quantitative estimate of drug-likeness (QED) is 0.113. The molecule has 1 fully saturated rings. The smallest absolute Gasteiger partial charge is 0.365 e. The van der Waals surface area contributed by atoms with Crippen LogP contribution in [0.3, 0.4) is 0 Å². The number of pyridine rings is 2. The molecule has 2 unspecified atom stereocenters. The second-order valence-electron chi connectivity index (χ2n) is 12.0. The Balaban J connectivity index is 1.36. The Kier molecular flexibility index (Phi) is 9.83. The zero-order valence-corrected chi connectivity index (χ0v) is 28.4. The van der Waals surface area contributed by atoms with Crippen LogP contribution in [0, 0.1) is 11.6 Å². The number of nitrogens with two attached hydrogens (primary N) is 2. The van der Waals surface area contributed by atoms with Crippen molar-refractivity contribution in [3.05, 3.63) is 83.3 Å². The maximum absolute atomic E-state index is 15.6. The van der Waals surface area contributed by atoms with Gasteiger partial charge >= 0.3 is 7.60 Å². The lowest BCUT2D eigenvalue weighted by atomic mass is 9.86. The summed E-state index contributed by atoms with van der Waals surface area (Å²) in [5.74, 6) is -2.11. The molecule has 6 rings (SSSR count). The number of rotatable bonds is 11. The number of halogens is 3. The molecule has 0 bridgehead atoms. The zero-order chi connectivity index (χ0) is 34.9. The van der Waals surface area contributed by atoms with Gasteiger partial charge in [0.05, 0.1) is 47.8 Å². The van der Waals surface area contributed by atoms with Gasteiger partial charge in [-0.25, -0.2) is 28.7 Å². The molecule has 1 aromatic carbocycles. The first kappa shape index (κ1) is 34.6. The minimum Gasteiger partial charge on any atom is -0.478 e. The number of hydrogen-bond donors (Lipinski definition) is 3. The van der Waals surface area contributed by atoms with Crippen molar-refractivity contribution in [2.45, 2.75) is 51.3 Å². The van der Waals surface area contributed by atoms with Crippen molar-refractivity contribution in [3.63, 3.8) is 0 Å². The van der Waals surface area contributed by atoms with Crippen LogP contribution in [0.2, 0.25) is 5.15 Å². The van der Waals surface area contributed by atoms with Crippen molar-refractivity contribution in [3.8, 4) is 17.0 Å². The molecule has 49 heavy (non-hydrogen) atoms. The van der Waals surface area contributed by atoms with Crippen LogP contribution < -0.4 is 21.1 Å². The van der Waals surface area contributed by atoms with Gasteiger partial charge in [0.1, 0.15) is 22.8 Å². The van der Waals surface area contributed by atoms with E-state index in [0.717, 1.165) is 18.6 Å². The third-order valence-corrected chi connectivity index (χ3v) is 9.78. The van der Waals surface area contributed by atoms with E-state index in [1.807, 2.05) is 12.1 Å². The topological polar surface area (TPSA) is 180 Å². The molecule has 13 nitrogen and oxygen atoms in total. The minimum absolute atomic E-state index is 0.140. The molecule has 0 saturated carbocycles. The minimum atomic E-state index is -4.21. The maximum Gasteiger partial charge on any atom is 0.365 e. The number of fused-ring (bicyclic) bond motifs is 1. The summed E-state index contributed by atoms with van der Waals surface area (Å²) < 4.78 is 55.3. The lowest BCUT2D eigenvalue weighted by Gasteiger charge is -2.41. The highest BCUT2D eigenvalue weighted by molar-refractivity contribution is 7.52. The van der Waals surface area contributed by atoms with E-state index in [0.29, 0.717) is 59.2 Å². The highest BCUT2D eigenvalue weighted by Gasteiger charge is 2.36. The molecule has 1 aliphatic heterocycles. The van der Waals surface area contributed by atoms with Gasteiger partial charge in [-0.3, -0.25) is 9.55 Å². The third kappa shape index (κ3) is 7.51. The Morgan fingerprint density at radius 3 is 2.76 bits per heavy atom. The summed E-state index contributed by atoms with van der Waals surface area (Å²) in [6.07, 6.45) is 5.06. The first-order chi connectivity index (χ1) is 23.4. The third-order valence-electron chi connectivity index (χ3n) is 8.43. The zero-order valence-electron chi connectivity index (χ0n) is 26.8. The largest absolute Gasteiger partial charge is 0.478 e. The molecule has 5 aromatic rings. The van der Waals surface area contributed by atoms with Crippen LogP contribution in [-0.2, 0) is 21.2 Å². The van der Waals surface area contributed by atoms with Crippen LogP contribution in [0.15, 0.2) is 55.2 Å². The van der Waals surface area contributed by atoms with E-state index >= 15 is 8.78 Å². The Morgan fingerprint density at radius 2 is 1.98 bits per heavy atom. The predicted octanol–water partition coefficient (Wildman–Crippen LogP) is 5.64. The van der Waals surface area contributed by atoms with E-state index in [4.69, 9.17) is 32.3 Å². The fourth-order valence-corrected chi connectivity index (χ4v) is 7.04. The second-order valence-corrected chi connectivity index (χ2v) is 14.2. The Bertz CT molecular complexity index is 2050. The molecule has 5 N–H and O–H groups in total. The van der Waals surface area contributed by atoms with E-state index in [2.05, 4.69) is 29.8 Å². The molecule has 1 aliphatic rings. The number of nitrogen functional groups attached to an aromatic ring is 1. The van der Waals surface area contributed by atoms with Gasteiger partial charge in [-0.15, -0.1) is 0 Å².